The van der Waals surface area contributed by atoms with Crippen LogP contribution in [-0.2, 0) is 11.2 Å². The molecule has 5 heteroatoms. The minimum atomic E-state index is -0.676. The molecule has 0 aliphatic heterocycles. The number of aromatic nitrogens is 2. The summed E-state index contributed by atoms with van der Waals surface area (Å²) < 4.78 is 4.72. The van der Waals surface area contributed by atoms with Crippen LogP contribution in [0.4, 0.5) is 0 Å². The van der Waals surface area contributed by atoms with Crippen LogP contribution in [-0.4, -0.2) is 22.5 Å². The third-order valence-corrected chi connectivity index (χ3v) is 2.02. The van der Waals surface area contributed by atoms with E-state index in [1.807, 2.05) is 6.92 Å². The Kier molecular flexibility index (Phi) is 3.60. The summed E-state index contributed by atoms with van der Waals surface area (Å²) in [5.41, 5.74) is 0.732. The first kappa shape index (κ1) is 11.4. The Morgan fingerprint density at radius 2 is 2.13 bits per heavy atom. The number of esters is 1. The molecule has 0 fully saturated rings. The highest BCUT2D eigenvalue weighted by atomic mass is 16.5. The van der Waals surface area contributed by atoms with Crippen LogP contribution >= 0.6 is 0 Å². The minimum absolute atomic E-state index is 0.174. The van der Waals surface area contributed by atoms with Gasteiger partial charge in [-0.25, -0.2) is 9.78 Å². The fourth-order valence-electron chi connectivity index (χ4n) is 1.25. The van der Waals surface area contributed by atoms with Crippen molar-refractivity contribution in [2.75, 3.05) is 6.61 Å². The highest BCUT2D eigenvalue weighted by Crippen LogP contribution is 2.01. The maximum atomic E-state index is 11.4. The first-order valence-corrected chi connectivity index (χ1v) is 4.87. The maximum absolute atomic E-state index is 11.4. The SMILES string of the molecule is CCOC(=O)c1nc(C)c(CC)[nH]c1=O. The van der Waals surface area contributed by atoms with Crippen molar-refractivity contribution in [1.82, 2.24) is 9.97 Å². The van der Waals surface area contributed by atoms with Crippen LogP contribution in [0.5, 0.6) is 0 Å². The predicted octanol–water partition coefficient (Wildman–Crippen LogP) is 0.817. The first-order chi connectivity index (χ1) is 7.10. The number of hydrogen-bond acceptors (Lipinski definition) is 4. The van der Waals surface area contributed by atoms with E-state index in [0.29, 0.717) is 12.1 Å². The lowest BCUT2D eigenvalue weighted by molar-refractivity contribution is 0.0516. The van der Waals surface area contributed by atoms with Crippen LogP contribution < -0.4 is 5.56 Å². The Bertz CT molecular complexity index is 423. The van der Waals surface area contributed by atoms with E-state index in [0.717, 1.165) is 5.69 Å². The monoisotopic (exact) mass is 210 g/mol. The molecule has 0 radical (unpaired) electrons. The van der Waals surface area contributed by atoms with Gasteiger partial charge in [0.15, 0.2) is 0 Å². The van der Waals surface area contributed by atoms with Crippen molar-refractivity contribution in [3.63, 3.8) is 0 Å². The van der Waals surface area contributed by atoms with Crippen LogP contribution in [0.2, 0.25) is 0 Å². The topological polar surface area (TPSA) is 72.0 Å². The van der Waals surface area contributed by atoms with Crippen LogP contribution in [0.25, 0.3) is 0 Å². The number of carbonyl (C=O) groups is 1. The normalized spacial score (nSPS) is 10.1. The molecule has 0 unspecified atom stereocenters. The summed E-state index contributed by atoms with van der Waals surface area (Å²) in [4.78, 5) is 29.3. The summed E-state index contributed by atoms with van der Waals surface area (Å²) in [5.74, 6) is -0.676. The number of hydrogen-bond donors (Lipinski definition) is 1. The van der Waals surface area contributed by atoms with Gasteiger partial charge >= 0.3 is 5.97 Å². The Morgan fingerprint density at radius 3 is 2.67 bits per heavy atom. The Balaban J connectivity index is 3.16. The average Bonchev–Trinajstić information content (AvgIpc) is 2.21. The molecule has 0 saturated carbocycles. The molecular formula is C10H14N2O3. The van der Waals surface area contributed by atoms with Crippen LogP contribution in [0.15, 0.2) is 4.79 Å². The average molecular weight is 210 g/mol. The van der Waals surface area contributed by atoms with Gasteiger partial charge in [0.2, 0.25) is 5.69 Å². The summed E-state index contributed by atoms with van der Waals surface area (Å²) >= 11 is 0. The lowest BCUT2D eigenvalue weighted by atomic mass is 10.2. The van der Waals surface area contributed by atoms with E-state index in [1.165, 1.54) is 0 Å². The fraction of sp³-hybridized carbons (Fsp3) is 0.500. The number of H-pyrrole nitrogens is 1. The van der Waals surface area contributed by atoms with E-state index in [-0.39, 0.29) is 12.3 Å². The third kappa shape index (κ3) is 2.43. The lowest BCUT2D eigenvalue weighted by Gasteiger charge is -2.04. The second-order valence-corrected chi connectivity index (χ2v) is 3.05. The zero-order chi connectivity index (χ0) is 11.4. The highest BCUT2D eigenvalue weighted by Gasteiger charge is 2.15. The molecule has 0 atom stereocenters. The second-order valence-electron chi connectivity index (χ2n) is 3.05. The summed E-state index contributed by atoms with van der Waals surface area (Å²) in [6.07, 6.45) is 0.678. The van der Waals surface area contributed by atoms with Crippen molar-refractivity contribution in [2.45, 2.75) is 27.2 Å². The summed E-state index contributed by atoms with van der Waals surface area (Å²) in [6.45, 7) is 5.56. The van der Waals surface area contributed by atoms with Gasteiger partial charge in [0.1, 0.15) is 0 Å². The second kappa shape index (κ2) is 4.72. The molecule has 0 saturated heterocycles. The van der Waals surface area contributed by atoms with E-state index in [1.54, 1.807) is 13.8 Å². The number of aromatic amines is 1. The summed E-state index contributed by atoms with van der Waals surface area (Å²) in [7, 11) is 0. The van der Waals surface area contributed by atoms with Crippen molar-refractivity contribution >= 4 is 5.97 Å². The molecule has 15 heavy (non-hydrogen) atoms. The number of nitrogens with one attached hydrogen (secondary N) is 1. The zero-order valence-electron chi connectivity index (χ0n) is 9.09. The molecule has 82 valence electrons. The van der Waals surface area contributed by atoms with Crippen molar-refractivity contribution in [2.24, 2.45) is 0 Å². The van der Waals surface area contributed by atoms with Gasteiger partial charge in [0.05, 0.1) is 12.3 Å². The molecule has 0 aliphatic rings. The molecule has 0 aromatic carbocycles. The van der Waals surface area contributed by atoms with E-state index in [9.17, 15) is 9.59 Å². The van der Waals surface area contributed by atoms with Crippen LogP contribution in [0.3, 0.4) is 0 Å². The van der Waals surface area contributed by atoms with Crippen molar-refractivity contribution < 1.29 is 9.53 Å². The number of nitrogens with zero attached hydrogens (tertiary/aromatic N) is 1. The Hall–Kier alpha value is -1.65. The standard InChI is InChI=1S/C10H14N2O3/c1-4-7-6(3)11-8(9(13)12-7)10(14)15-5-2/h4-5H2,1-3H3,(H,12,13). The van der Waals surface area contributed by atoms with Gasteiger partial charge in [0.25, 0.3) is 5.56 Å². The molecule has 1 N–H and O–H groups in total. The van der Waals surface area contributed by atoms with Gasteiger partial charge < -0.3 is 9.72 Å². The summed E-state index contributed by atoms with van der Waals surface area (Å²) in [5, 5.41) is 0. The molecular weight excluding hydrogens is 196 g/mol. The van der Waals surface area contributed by atoms with E-state index >= 15 is 0 Å². The molecule has 1 aromatic rings. The molecule has 0 spiro atoms. The predicted molar refractivity (Wildman–Crippen MR) is 54.9 cm³/mol. The molecule has 1 rings (SSSR count). The van der Waals surface area contributed by atoms with Gasteiger partial charge in [-0.3, -0.25) is 4.79 Å². The van der Waals surface area contributed by atoms with Crippen LogP contribution in [0, 0.1) is 6.92 Å². The van der Waals surface area contributed by atoms with E-state index in [2.05, 4.69) is 9.97 Å². The van der Waals surface area contributed by atoms with Gasteiger partial charge in [-0.1, -0.05) is 6.92 Å². The Morgan fingerprint density at radius 1 is 1.47 bits per heavy atom. The van der Waals surface area contributed by atoms with Crippen molar-refractivity contribution in [1.29, 1.82) is 0 Å². The molecule has 1 aromatic heterocycles. The lowest BCUT2D eigenvalue weighted by Crippen LogP contribution is -2.24. The van der Waals surface area contributed by atoms with Gasteiger partial charge in [-0.2, -0.15) is 0 Å². The van der Waals surface area contributed by atoms with Gasteiger partial charge in [0, 0.05) is 5.69 Å². The third-order valence-electron chi connectivity index (χ3n) is 2.02. The molecule has 1 heterocycles. The zero-order valence-corrected chi connectivity index (χ0v) is 9.09. The largest absolute Gasteiger partial charge is 0.461 e. The minimum Gasteiger partial charge on any atom is -0.461 e. The number of aryl methyl sites for hydroxylation is 2. The Labute approximate surface area is 87.5 Å². The van der Waals surface area contributed by atoms with Crippen molar-refractivity contribution in [3.05, 3.63) is 27.4 Å². The van der Waals surface area contributed by atoms with E-state index in [4.69, 9.17) is 4.74 Å². The smallest absolute Gasteiger partial charge is 0.362 e. The van der Waals surface area contributed by atoms with Crippen molar-refractivity contribution in [3.8, 4) is 0 Å². The van der Waals surface area contributed by atoms with Crippen LogP contribution in [0.1, 0.15) is 35.7 Å². The number of ether oxygens (including phenoxy) is 1. The maximum Gasteiger partial charge on any atom is 0.362 e. The molecule has 0 aliphatic carbocycles. The first-order valence-electron chi connectivity index (χ1n) is 4.87. The number of carbonyl (C=O) groups excluding carboxylic acids is 1. The molecule has 5 nitrogen and oxygen atoms in total. The fourth-order valence-corrected chi connectivity index (χ4v) is 1.25. The number of rotatable bonds is 3. The quantitative estimate of drug-likeness (QED) is 0.749. The molecule has 0 amide bonds. The highest BCUT2D eigenvalue weighted by molar-refractivity contribution is 5.86. The van der Waals surface area contributed by atoms with Gasteiger partial charge in [-0.15, -0.1) is 0 Å². The van der Waals surface area contributed by atoms with Gasteiger partial charge in [-0.05, 0) is 20.3 Å². The molecule has 0 bridgehead atoms. The summed E-state index contributed by atoms with van der Waals surface area (Å²) in [6, 6.07) is 0. The van der Waals surface area contributed by atoms with E-state index < -0.39 is 11.5 Å².